The molecule has 0 aliphatic rings. The molecule has 1 amide bonds. The Labute approximate surface area is 134 Å². The molecule has 1 heterocycles. The van der Waals surface area contributed by atoms with Crippen LogP contribution in [0, 0.1) is 5.92 Å². The molecule has 0 spiro atoms. The number of para-hydroxylation sites is 1. The highest BCUT2D eigenvalue weighted by atomic mass is 16.2. The number of carbonyl (C=O) groups excluding carboxylic acids is 1. The fraction of sp³-hybridized carbons (Fsp3) is 0.222. The van der Waals surface area contributed by atoms with Crippen molar-refractivity contribution < 1.29 is 4.79 Å². The number of aromatic amines is 1. The summed E-state index contributed by atoms with van der Waals surface area (Å²) in [6.07, 6.45) is 4.99. The minimum absolute atomic E-state index is 0.0721. The van der Waals surface area contributed by atoms with Crippen LogP contribution in [0.15, 0.2) is 58.8 Å². The molecular formula is C18H21N3O2. The monoisotopic (exact) mass is 311 g/mol. The molecule has 1 aromatic carbocycles. The molecular weight excluding hydrogens is 290 g/mol. The number of pyridine rings is 1. The van der Waals surface area contributed by atoms with Gasteiger partial charge in [-0.15, -0.1) is 0 Å². The number of allylic oxidation sites excluding steroid dienone is 3. The van der Waals surface area contributed by atoms with Gasteiger partial charge in [-0.05, 0) is 31.1 Å². The number of benzene rings is 1. The molecule has 120 valence electrons. The molecule has 2 aromatic rings. The van der Waals surface area contributed by atoms with E-state index in [9.17, 15) is 9.59 Å². The molecule has 0 unspecified atom stereocenters. The standard InChI is InChI=1S/C18H21N3O2/c1-11(2)8-13(19)9-12(3)21-18(23)15-10-20-16-7-5-4-6-14(16)17(15)22/h4-11H,19H2,1-3H3,(H,20,22)(H,21,23)/b12-9+,13-8-. The van der Waals surface area contributed by atoms with Crippen LogP contribution in [-0.2, 0) is 0 Å². The van der Waals surface area contributed by atoms with Crippen molar-refractivity contribution in [3.63, 3.8) is 0 Å². The van der Waals surface area contributed by atoms with E-state index in [-0.39, 0.29) is 11.0 Å². The van der Waals surface area contributed by atoms with E-state index in [4.69, 9.17) is 5.73 Å². The SMILES string of the molecule is C/C(=C\C(N)=C\C(C)C)NC(=O)c1c[nH]c2ccccc2c1=O. The van der Waals surface area contributed by atoms with Gasteiger partial charge in [-0.1, -0.05) is 32.1 Å². The van der Waals surface area contributed by atoms with Crippen LogP contribution in [-0.4, -0.2) is 10.9 Å². The minimum Gasteiger partial charge on any atom is -0.399 e. The van der Waals surface area contributed by atoms with Crippen molar-refractivity contribution in [1.29, 1.82) is 0 Å². The molecule has 4 N–H and O–H groups in total. The van der Waals surface area contributed by atoms with Gasteiger partial charge in [-0.3, -0.25) is 9.59 Å². The van der Waals surface area contributed by atoms with E-state index in [0.29, 0.717) is 28.2 Å². The maximum atomic E-state index is 12.4. The fourth-order valence-corrected chi connectivity index (χ4v) is 2.30. The lowest BCUT2D eigenvalue weighted by Crippen LogP contribution is -2.27. The third-order valence-corrected chi connectivity index (χ3v) is 3.25. The first-order valence-corrected chi connectivity index (χ1v) is 7.46. The lowest BCUT2D eigenvalue weighted by atomic mass is 10.1. The quantitative estimate of drug-likeness (QED) is 0.758. The van der Waals surface area contributed by atoms with Gasteiger partial charge >= 0.3 is 0 Å². The van der Waals surface area contributed by atoms with Crippen LogP contribution in [0.5, 0.6) is 0 Å². The number of rotatable bonds is 4. The molecule has 0 bridgehead atoms. The van der Waals surface area contributed by atoms with E-state index in [1.54, 1.807) is 31.2 Å². The summed E-state index contributed by atoms with van der Waals surface area (Å²) in [6.45, 7) is 5.76. The minimum atomic E-state index is -0.455. The van der Waals surface area contributed by atoms with E-state index in [2.05, 4.69) is 10.3 Å². The molecule has 0 saturated carbocycles. The molecule has 2 rings (SSSR count). The average molecular weight is 311 g/mol. The van der Waals surface area contributed by atoms with E-state index < -0.39 is 5.91 Å². The first-order valence-electron chi connectivity index (χ1n) is 7.46. The van der Waals surface area contributed by atoms with Crippen LogP contribution in [0.25, 0.3) is 10.9 Å². The van der Waals surface area contributed by atoms with Crippen LogP contribution < -0.4 is 16.5 Å². The Morgan fingerprint density at radius 1 is 1.30 bits per heavy atom. The van der Waals surface area contributed by atoms with Gasteiger partial charge in [-0.2, -0.15) is 0 Å². The lowest BCUT2D eigenvalue weighted by molar-refractivity contribution is 0.0965. The fourth-order valence-electron chi connectivity index (χ4n) is 2.30. The van der Waals surface area contributed by atoms with Gasteiger partial charge in [0, 0.05) is 28.5 Å². The van der Waals surface area contributed by atoms with Gasteiger partial charge < -0.3 is 16.0 Å². The van der Waals surface area contributed by atoms with E-state index in [0.717, 1.165) is 0 Å². The van der Waals surface area contributed by atoms with Gasteiger partial charge in [-0.25, -0.2) is 0 Å². The smallest absolute Gasteiger partial charge is 0.260 e. The van der Waals surface area contributed by atoms with Crippen LogP contribution in [0.2, 0.25) is 0 Å². The Balaban J connectivity index is 2.26. The van der Waals surface area contributed by atoms with Crippen molar-refractivity contribution in [2.45, 2.75) is 20.8 Å². The second-order valence-corrected chi connectivity index (χ2v) is 5.77. The number of nitrogens with one attached hydrogen (secondary N) is 2. The molecule has 5 nitrogen and oxygen atoms in total. The average Bonchev–Trinajstić information content (AvgIpc) is 2.46. The molecule has 1 aromatic heterocycles. The number of amides is 1. The van der Waals surface area contributed by atoms with Crippen molar-refractivity contribution in [3.05, 3.63) is 69.8 Å². The summed E-state index contributed by atoms with van der Waals surface area (Å²) in [5.41, 5.74) is 7.49. The number of nitrogens with two attached hydrogens (primary N) is 1. The number of fused-ring (bicyclic) bond motifs is 1. The Morgan fingerprint density at radius 2 is 2.00 bits per heavy atom. The van der Waals surface area contributed by atoms with E-state index >= 15 is 0 Å². The highest BCUT2D eigenvalue weighted by molar-refractivity contribution is 5.97. The van der Waals surface area contributed by atoms with Crippen molar-refractivity contribution >= 4 is 16.8 Å². The Bertz CT molecular complexity index is 845. The van der Waals surface area contributed by atoms with Crippen LogP contribution in [0.1, 0.15) is 31.1 Å². The summed E-state index contributed by atoms with van der Waals surface area (Å²) in [4.78, 5) is 27.6. The van der Waals surface area contributed by atoms with Gasteiger partial charge in [0.25, 0.3) is 5.91 Å². The molecule has 23 heavy (non-hydrogen) atoms. The van der Waals surface area contributed by atoms with Crippen molar-refractivity contribution in [2.24, 2.45) is 11.7 Å². The zero-order valence-corrected chi connectivity index (χ0v) is 13.5. The number of hydrogen-bond acceptors (Lipinski definition) is 3. The summed E-state index contributed by atoms with van der Waals surface area (Å²) >= 11 is 0. The summed E-state index contributed by atoms with van der Waals surface area (Å²) in [5.74, 6) is -0.138. The van der Waals surface area contributed by atoms with Gasteiger partial charge in [0.05, 0.1) is 0 Å². The zero-order chi connectivity index (χ0) is 17.0. The summed E-state index contributed by atoms with van der Waals surface area (Å²) in [7, 11) is 0. The molecule has 5 heteroatoms. The first kappa shape index (κ1) is 16.5. The summed E-state index contributed by atoms with van der Waals surface area (Å²) < 4.78 is 0. The maximum Gasteiger partial charge on any atom is 0.260 e. The molecule has 0 radical (unpaired) electrons. The predicted molar refractivity (Wildman–Crippen MR) is 92.9 cm³/mol. The van der Waals surface area contributed by atoms with Gasteiger partial charge in [0.2, 0.25) is 5.43 Å². The Kier molecular flexibility index (Phi) is 5.01. The number of H-pyrrole nitrogens is 1. The summed E-state index contributed by atoms with van der Waals surface area (Å²) in [5, 5.41) is 3.17. The largest absolute Gasteiger partial charge is 0.399 e. The molecule has 0 atom stereocenters. The molecule has 0 saturated heterocycles. The third-order valence-electron chi connectivity index (χ3n) is 3.25. The zero-order valence-electron chi connectivity index (χ0n) is 13.5. The second-order valence-electron chi connectivity index (χ2n) is 5.77. The number of carbonyl (C=O) groups is 1. The summed E-state index contributed by atoms with van der Waals surface area (Å²) in [6, 6.07) is 7.08. The Morgan fingerprint density at radius 3 is 2.70 bits per heavy atom. The lowest BCUT2D eigenvalue weighted by Gasteiger charge is -2.07. The van der Waals surface area contributed by atoms with E-state index in [1.807, 2.05) is 26.0 Å². The molecule has 0 aliphatic carbocycles. The highest BCUT2D eigenvalue weighted by Gasteiger charge is 2.12. The van der Waals surface area contributed by atoms with Crippen molar-refractivity contribution in [1.82, 2.24) is 10.3 Å². The number of aromatic nitrogens is 1. The predicted octanol–water partition coefficient (Wildman–Crippen LogP) is 2.66. The maximum absolute atomic E-state index is 12.4. The first-order chi connectivity index (χ1) is 10.9. The van der Waals surface area contributed by atoms with Crippen molar-refractivity contribution in [2.75, 3.05) is 0 Å². The second kappa shape index (κ2) is 6.96. The third kappa shape index (κ3) is 4.10. The number of hydrogen-bond donors (Lipinski definition) is 3. The van der Waals surface area contributed by atoms with Gasteiger partial charge in [0.1, 0.15) is 5.56 Å². The van der Waals surface area contributed by atoms with Crippen LogP contribution in [0.4, 0.5) is 0 Å². The van der Waals surface area contributed by atoms with Crippen molar-refractivity contribution in [3.8, 4) is 0 Å². The normalized spacial score (nSPS) is 12.7. The Hall–Kier alpha value is -2.82. The van der Waals surface area contributed by atoms with Gasteiger partial charge in [0.15, 0.2) is 0 Å². The van der Waals surface area contributed by atoms with E-state index in [1.165, 1.54) is 6.20 Å². The molecule has 0 fully saturated rings. The highest BCUT2D eigenvalue weighted by Crippen LogP contribution is 2.07. The molecule has 0 aliphatic heterocycles. The topological polar surface area (TPSA) is 88.0 Å². The van der Waals surface area contributed by atoms with Crippen LogP contribution in [0.3, 0.4) is 0 Å². The van der Waals surface area contributed by atoms with Crippen LogP contribution >= 0.6 is 0 Å².